The maximum Gasteiger partial charge on any atom is 0.306 e. The van der Waals surface area contributed by atoms with Gasteiger partial charge in [-0.1, -0.05) is 36.4 Å². The summed E-state index contributed by atoms with van der Waals surface area (Å²) in [5.41, 5.74) is 12.1. The Kier molecular flexibility index (Phi) is 5.65. The van der Waals surface area contributed by atoms with Crippen molar-refractivity contribution in [2.45, 2.75) is 12.8 Å². The van der Waals surface area contributed by atoms with E-state index in [1.807, 2.05) is 70.6 Å². The van der Waals surface area contributed by atoms with Crippen LogP contribution < -0.4 is 21.1 Å². The lowest BCUT2D eigenvalue weighted by atomic mass is 9.97. The van der Waals surface area contributed by atoms with Crippen LogP contribution >= 0.6 is 0 Å². The number of anilines is 5. The Morgan fingerprint density at radius 3 is 2.10 bits per heavy atom. The van der Waals surface area contributed by atoms with Crippen LogP contribution in [-0.2, 0) is 4.79 Å². The first-order valence-electron chi connectivity index (χ1n) is 9.88. The highest BCUT2D eigenvalue weighted by Crippen LogP contribution is 2.32. The SMILES string of the molecule is Nc1c(NN(c2ccccc2)c2ccccc2)ncnc1N1CCC(C(=O)O)CC1. The van der Waals surface area contributed by atoms with Gasteiger partial charge in [-0.15, -0.1) is 0 Å². The molecule has 1 fully saturated rings. The number of piperidine rings is 1. The lowest BCUT2D eigenvalue weighted by Gasteiger charge is -2.32. The molecule has 0 unspecified atom stereocenters. The van der Waals surface area contributed by atoms with Crippen LogP contribution in [0, 0.1) is 5.92 Å². The molecule has 8 nitrogen and oxygen atoms in total. The average Bonchev–Trinajstić information content (AvgIpc) is 2.79. The normalized spacial score (nSPS) is 14.3. The van der Waals surface area contributed by atoms with Gasteiger partial charge in [-0.25, -0.2) is 9.97 Å². The summed E-state index contributed by atoms with van der Waals surface area (Å²) >= 11 is 0. The van der Waals surface area contributed by atoms with Gasteiger partial charge < -0.3 is 15.7 Å². The number of rotatable bonds is 6. The van der Waals surface area contributed by atoms with Crippen LogP contribution in [0.5, 0.6) is 0 Å². The highest BCUT2D eigenvalue weighted by Gasteiger charge is 2.27. The van der Waals surface area contributed by atoms with E-state index in [9.17, 15) is 9.90 Å². The number of aliphatic carboxylic acids is 1. The maximum atomic E-state index is 11.2. The average molecular weight is 404 g/mol. The highest BCUT2D eigenvalue weighted by atomic mass is 16.4. The number of hydrogen-bond acceptors (Lipinski definition) is 7. The van der Waals surface area contributed by atoms with Gasteiger partial charge in [-0.05, 0) is 37.1 Å². The van der Waals surface area contributed by atoms with Crippen LogP contribution in [0.4, 0.5) is 28.7 Å². The molecular weight excluding hydrogens is 380 g/mol. The van der Waals surface area contributed by atoms with Crippen molar-refractivity contribution in [3.8, 4) is 0 Å². The molecule has 0 atom stereocenters. The second-order valence-electron chi connectivity index (χ2n) is 7.18. The van der Waals surface area contributed by atoms with Crippen molar-refractivity contribution in [1.82, 2.24) is 9.97 Å². The van der Waals surface area contributed by atoms with E-state index in [4.69, 9.17) is 5.73 Å². The molecule has 8 heteroatoms. The van der Waals surface area contributed by atoms with Crippen molar-refractivity contribution >= 4 is 34.7 Å². The number of carboxylic acids is 1. The largest absolute Gasteiger partial charge is 0.481 e. The van der Waals surface area contributed by atoms with Gasteiger partial charge in [-0.2, -0.15) is 0 Å². The summed E-state index contributed by atoms with van der Waals surface area (Å²) in [6.45, 7) is 1.19. The van der Waals surface area contributed by atoms with Gasteiger partial charge in [0.25, 0.3) is 0 Å². The predicted molar refractivity (Wildman–Crippen MR) is 118 cm³/mol. The van der Waals surface area contributed by atoms with E-state index in [1.54, 1.807) is 0 Å². The van der Waals surface area contributed by atoms with Gasteiger partial charge in [0.1, 0.15) is 12.0 Å². The monoisotopic (exact) mass is 404 g/mol. The zero-order chi connectivity index (χ0) is 20.9. The third kappa shape index (κ3) is 4.12. The Bertz CT molecular complexity index is 952. The van der Waals surface area contributed by atoms with Gasteiger partial charge >= 0.3 is 5.97 Å². The molecule has 154 valence electrons. The first kappa shape index (κ1) is 19.5. The van der Waals surface area contributed by atoms with Crippen LogP contribution in [0.3, 0.4) is 0 Å². The van der Waals surface area contributed by atoms with Crippen LogP contribution in [-0.4, -0.2) is 34.1 Å². The quantitative estimate of drug-likeness (QED) is 0.536. The van der Waals surface area contributed by atoms with Crippen molar-refractivity contribution in [2.24, 2.45) is 5.92 Å². The minimum Gasteiger partial charge on any atom is -0.481 e. The van der Waals surface area contributed by atoms with Crippen molar-refractivity contribution in [1.29, 1.82) is 0 Å². The lowest BCUT2D eigenvalue weighted by molar-refractivity contribution is -0.142. The first-order valence-corrected chi connectivity index (χ1v) is 9.88. The van der Waals surface area contributed by atoms with Crippen LogP contribution in [0.25, 0.3) is 0 Å². The number of carboxylic acid groups (broad SMARTS) is 1. The maximum absolute atomic E-state index is 11.2. The molecule has 4 N–H and O–H groups in total. The van der Waals surface area contributed by atoms with Gasteiger partial charge in [-0.3, -0.25) is 15.2 Å². The van der Waals surface area contributed by atoms with Crippen molar-refractivity contribution in [2.75, 3.05) is 34.2 Å². The summed E-state index contributed by atoms with van der Waals surface area (Å²) in [5.74, 6) is 0.0630. The second kappa shape index (κ2) is 8.69. The number of hydrazine groups is 1. The molecule has 0 spiro atoms. The zero-order valence-corrected chi connectivity index (χ0v) is 16.5. The van der Waals surface area contributed by atoms with Crippen molar-refractivity contribution in [3.63, 3.8) is 0 Å². The Morgan fingerprint density at radius 1 is 1.00 bits per heavy atom. The molecule has 0 radical (unpaired) electrons. The second-order valence-corrected chi connectivity index (χ2v) is 7.18. The van der Waals surface area contributed by atoms with Crippen LogP contribution in [0.15, 0.2) is 67.0 Å². The topological polar surface area (TPSA) is 108 Å². The smallest absolute Gasteiger partial charge is 0.306 e. The molecule has 2 aromatic carbocycles. The number of benzene rings is 2. The van der Waals surface area contributed by atoms with E-state index < -0.39 is 5.97 Å². The molecule has 1 aromatic heterocycles. The molecule has 2 heterocycles. The third-order valence-corrected chi connectivity index (χ3v) is 5.25. The molecule has 0 amide bonds. The summed E-state index contributed by atoms with van der Waals surface area (Å²) in [6, 6.07) is 19.8. The molecule has 30 heavy (non-hydrogen) atoms. The molecule has 0 aliphatic carbocycles. The molecule has 0 saturated carbocycles. The summed E-state index contributed by atoms with van der Waals surface area (Å²) in [7, 11) is 0. The highest BCUT2D eigenvalue weighted by molar-refractivity contribution is 5.79. The number of carbonyl (C=O) groups is 1. The van der Waals surface area contributed by atoms with E-state index in [0.717, 1.165) is 11.4 Å². The van der Waals surface area contributed by atoms with Gasteiger partial charge in [0.05, 0.1) is 17.3 Å². The Labute approximate surface area is 175 Å². The molecule has 0 bridgehead atoms. The fourth-order valence-electron chi connectivity index (χ4n) is 3.60. The zero-order valence-electron chi connectivity index (χ0n) is 16.5. The number of aromatic nitrogens is 2. The fraction of sp³-hybridized carbons (Fsp3) is 0.227. The molecule has 1 saturated heterocycles. The molecular formula is C22H24N6O2. The van der Waals surface area contributed by atoms with E-state index in [2.05, 4.69) is 15.4 Å². The van der Waals surface area contributed by atoms with E-state index >= 15 is 0 Å². The summed E-state index contributed by atoms with van der Waals surface area (Å²) < 4.78 is 0. The van der Waals surface area contributed by atoms with E-state index in [0.29, 0.717) is 43.3 Å². The number of para-hydroxylation sites is 2. The van der Waals surface area contributed by atoms with Crippen LogP contribution in [0.2, 0.25) is 0 Å². The Hall–Kier alpha value is -3.81. The molecule has 3 aromatic rings. The van der Waals surface area contributed by atoms with E-state index in [-0.39, 0.29) is 5.92 Å². The Balaban J connectivity index is 1.61. The number of nitrogens with two attached hydrogens (primary N) is 1. The fourth-order valence-corrected chi connectivity index (χ4v) is 3.60. The summed E-state index contributed by atoms with van der Waals surface area (Å²) in [6.07, 6.45) is 2.62. The number of nitrogens with one attached hydrogen (secondary N) is 1. The van der Waals surface area contributed by atoms with E-state index in [1.165, 1.54) is 6.33 Å². The standard InChI is InChI=1S/C22H24N6O2/c23-19-20(24-15-25-21(19)27-13-11-16(12-14-27)22(29)30)26-28(17-7-3-1-4-8-17)18-9-5-2-6-10-18/h1-10,15-16H,11-14,23H2,(H,29,30)(H,24,25,26). The minimum absolute atomic E-state index is 0.312. The van der Waals surface area contributed by atoms with Gasteiger partial charge in [0, 0.05) is 13.1 Å². The number of nitrogen functional groups attached to an aromatic ring is 1. The summed E-state index contributed by atoms with van der Waals surface area (Å²) in [5, 5.41) is 11.1. The van der Waals surface area contributed by atoms with Gasteiger partial charge in [0.2, 0.25) is 0 Å². The van der Waals surface area contributed by atoms with Crippen molar-refractivity contribution < 1.29 is 9.90 Å². The molecule has 1 aliphatic rings. The lowest BCUT2D eigenvalue weighted by Crippen LogP contribution is -2.37. The third-order valence-electron chi connectivity index (χ3n) is 5.25. The van der Waals surface area contributed by atoms with Crippen LogP contribution in [0.1, 0.15) is 12.8 Å². The molecule has 1 aliphatic heterocycles. The van der Waals surface area contributed by atoms with Gasteiger partial charge in [0.15, 0.2) is 11.6 Å². The summed E-state index contributed by atoms with van der Waals surface area (Å²) in [4.78, 5) is 22.0. The van der Waals surface area contributed by atoms with Crippen molar-refractivity contribution in [3.05, 3.63) is 67.0 Å². The Morgan fingerprint density at radius 2 is 1.57 bits per heavy atom. The minimum atomic E-state index is -0.742. The first-order chi connectivity index (χ1) is 14.6. The number of nitrogens with zero attached hydrogens (tertiary/aromatic N) is 4. The molecule has 4 rings (SSSR count). The number of hydrogen-bond donors (Lipinski definition) is 3. The predicted octanol–water partition coefficient (Wildman–Crippen LogP) is 3.53.